The van der Waals surface area contributed by atoms with Crippen LogP contribution in [0.1, 0.15) is 21.6 Å². The van der Waals surface area contributed by atoms with Crippen LogP contribution in [0.4, 0.5) is 0 Å². The van der Waals surface area contributed by atoms with E-state index in [9.17, 15) is 4.79 Å². The van der Waals surface area contributed by atoms with Gasteiger partial charge in [0.15, 0.2) is 11.5 Å². The van der Waals surface area contributed by atoms with Crippen molar-refractivity contribution < 1.29 is 14.3 Å². The van der Waals surface area contributed by atoms with Gasteiger partial charge in [0.05, 0.1) is 19.3 Å². The second-order valence-corrected chi connectivity index (χ2v) is 5.52. The van der Waals surface area contributed by atoms with E-state index in [4.69, 9.17) is 9.47 Å². The molecule has 24 heavy (non-hydrogen) atoms. The van der Waals surface area contributed by atoms with Crippen molar-refractivity contribution in [2.45, 2.75) is 13.2 Å². The summed E-state index contributed by atoms with van der Waals surface area (Å²) in [6.07, 6.45) is 0.773. The molecular weight excluding hydrogens is 306 g/mol. The Labute approximate surface area is 138 Å². The fourth-order valence-corrected chi connectivity index (χ4v) is 2.92. The Bertz CT molecular complexity index is 918. The van der Waals surface area contributed by atoms with Gasteiger partial charge in [-0.15, -0.1) is 5.10 Å². The molecule has 3 aromatic rings. The molecular formula is C18H15N3O3. The minimum Gasteiger partial charge on any atom is -0.493 e. The average molecular weight is 321 g/mol. The third-order valence-electron chi connectivity index (χ3n) is 4.09. The maximum absolute atomic E-state index is 10.9. The fraction of sp³-hybridized carbons (Fsp3) is 0.167. The van der Waals surface area contributed by atoms with Gasteiger partial charge in [0.1, 0.15) is 18.6 Å². The Hall–Kier alpha value is -3.15. The van der Waals surface area contributed by atoms with E-state index < -0.39 is 0 Å². The molecule has 0 atom stereocenters. The standard InChI is InChI=1S/C18H15N3O3/c1-23-17-8-12(10-22)6-7-16(17)24-11-15-18-14-5-3-2-4-13(14)9-21(18)20-19-15/h2-8,10H,9,11H2,1H3. The Morgan fingerprint density at radius 1 is 1.21 bits per heavy atom. The largest absolute Gasteiger partial charge is 0.493 e. The van der Waals surface area contributed by atoms with Crippen molar-refractivity contribution in [3.63, 3.8) is 0 Å². The van der Waals surface area contributed by atoms with Gasteiger partial charge >= 0.3 is 0 Å². The molecule has 1 aliphatic heterocycles. The average Bonchev–Trinajstić information content (AvgIpc) is 3.19. The van der Waals surface area contributed by atoms with Crippen molar-refractivity contribution in [2.75, 3.05) is 7.11 Å². The smallest absolute Gasteiger partial charge is 0.161 e. The lowest BCUT2D eigenvalue weighted by Crippen LogP contribution is -2.00. The minimum absolute atomic E-state index is 0.278. The lowest BCUT2D eigenvalue weighted by Gasteiger charge is -2.10. The van der Waals surface area contributed by atoms with Crippen molar-refractivity contribution in [1.29, 1.82) is 0 Å². The van der Waals surface area contributed by atoms with Crippen LogP contribution in [-0.4, -0.2) is 28.4 Å². The van der Waals surface area contributed by atoms with Gasteiger partial charge in [-0.2, -0.15) is 0 Å². The second-order valence-electron chi connectivity index (χ2n) is 5.52. The van der Waals surface area contributed by atoms with Crippen LogP contribution in [0.15, 0.2) is 42.5 Å². The summed E-state index contributed by atoms with van der Waals surface area (Å²) in [6.45, 7) is 1.01. The number of nitrogens with zero attached hydrogens (tertiary/aromatic N) is 3. The molecule has 0 N–H and O–H groups in total. The second kappa shape index (κ2) is 5.81. The summed E-state index contributed by atoms with van der Waals surface area (Å²) >= 11 is 0. The van der Waals surface area contributed by atoms with Crippen LogP contribution < -0.4 is 9.47 Å². The van der Waals surface area contributed by atoms with Gasteiger partial charge in [0.25, 0.3) is 0 Å². The number of carbonyl (C=O) groups excluding carboxylic acids is 1. The molecule has 2 heterocycles. The Morgan fingerprint density at radius 3 is 2.92 bits per heavy atom. The summed E-state index contributed by atoms with van der Waals surface area (Å²) in [5.41, 5.74) is 4.69. The van der Waals surface area contributed by atoms with Gasteiger partial charge < -0.3 is 9.47 Å². The molecule has 6 heteroatoms. The van der Waals surface area contributed by atoms with Crippen LogP contribution in [0.5, 0.6) is 11.5 Å². The summed E-state index contributed by atoms with van der Waals surface area (Å²) in [5.74, 6) is 1.08. The monoisotopic (exact) mass is 321 g/mol. The predicted octanol–water partition coefficient (Wildman–Crippen LogP) is 2.71. The molecule has 0 bridgehead atoms. The Kier molecular flexibility index (Phi) is 3.49. The SMILES string of the molecule is COc1cc(C=O)ccc1OCc1nnn2c1-c1ccccc1C2. The first-order valence-electron chi connectivity index (χ1n) is 7.57. The van der Waals surface area contributed by atoms with Gasteiger partial charge in [-0.05, 0) is 23.8 Å². The zero-order valence-electron chi connectivity index (χ0n) is 13.1. The normalized spacial score (nSPS) is 11.7. The number of methoxy groups -OCH3 is 1. The van der Waals surface area contributed by atoms with Gasteiger partial charge in [-0.3, -0.25) is 4.79 Å². The first-order valence-corrected chi connectivity index (χ1v) is 7.57. The molecule has 4 rings (SSSR count). The zero-order valence-corrected chi connectivity index (χ0v) is 13.1. The summed E-state index contributed by atoms with van der Waals surface area (Å²) in [6, 6.07) is 13.3. The summed E-state index contributed by atoms with van der Waals surface area (Å²) in [7, 11) is 1.54. The predicted molar refractivity (Wildman–Crippen MR) is 87.3 cm³/mol. The van der Waals surface area contributed by atoms with Crippen LogP contribution in [-0.2, 0) is 13.2 Å². The minimum atomic E-state index is 0.278. The van der Waals surface area contributed by atoms with Crippen LogP contribution in [0.2, 0.25) is 0 Å². The van der Waals surface area contributed by atoms with E-state index in [2.05, 4.69) is 22.4 Å². The number of ether oxygens (including phenoxy) is 2. The number of aldehydes is 1. The fourth-order valence-electron chi connectivity index (χ4n) is 2.92. The maximum atomic E-state index is 10.9. The number of aromatic nitrogens is 3. The van der Waals surface area contributed by atoms with Crippen molar-refractivity contribution in [3.8, 4) is 22.8 Å². The molecule has 0 saturated carbocycles. The number of hydrogen-bond acceptors (Lipinski definition) is 5. The van der Waals surface area contributed by atoms with E-state index in [0.29, 0.717) is 17.1 Å². The molecule has 0 radical (unpaired) electrons. The summed E-state index contributed by atoms with van der Waals surface area (Å²) in [4.78, 5) is 10.9. The molecule has 6 nitrogen and oxygen atoms in total. The number of fused-ring (bicyclic) bond motifs is 3. The van der Waals surface area contributed by atoms with Gasteiger partial charge in [-0.1, -0.05) is 29.5 Å². The summed E-state index contributed by atoms with van der Waals surface area (Å²) < 4.78 is 13.0. The van der Waals surface area contributed by atoms with Crippen molar-refractivity contribution >= 4 is 6.29 Å². The highest BCUT2D eigenvalue weighted by atomic mass is 16.5. The van der Waals surface area contributed by atoms with Gasteiger partial charge in [0, 0.05) is 11.1 Å². The highest BCUT2D eigenvalue weighted by Gasteiger charge is 2.24. The quantitative estimate of drug-likeness (QED) is 0.529. The van der Waals surface area contributed by atoms with Gasteiger partial charge in [-0.25, -0.2) is 4.68 Å². The van der Waals surface area contributed by atoms with E-state index in [1.165, 1.54) is 5.56 Å². The van der Waals surface area contributed by atoms with E-state index in [0.717, 1.165) is 29.8 Å². The van der Waals surface area contributed by atoms with Crippen molar-refractivity contribution in [2.24, 2.45) is 0 Å². The Morgan fingerprint density at radius 2 is 2.08 bits per heavy atom. The molecule has 0 unspecified atom stereocenters. The van der Waals surface area contributed by atoms with E-state index in [1.54, 1.807) is 25.3 Å². The Balaban J connectivity index is 1.60. The third-order valence-corrected chi connectivity index (χ3v) is 4.09. The first-order chi connectivity index (χ1) is 11.8. The molecule has 0 spiro atoms. The number of carbonyl (C=O) groups is 1. The van der Waals surface area contributed by atoms with Crippen molar-refractivity contribution in [1.82, 2.24) is 15.0 Å². The molecule has 0 saturated heterocycles. The van der Waals surface area contributed by atoms with E-state index >= 15 is 0 Å². The molecule has 0 aliphatic carbocycles. The maximum Gasteiger partial charge on any atom is 0.161 e. The van der Waals surface area contributed by atoms with Crippen LogP contribution in [0.25, 0.3) is 11.3 Å². The summed E-state index contributed by atoms with van der Waals surface area (Å²) in [5, 5.41) is 8.43. The molecule has 2 aromatic carbocycles. The van der Waals surface area contributed by atoms with Gasteiger partial charge in [0.2, 0.25) is 0 Å². The van der Waals surface area contributed by atoms with E-state index in [-0.39, 0.29) is 6.61 Å². The molecule has 0 fully saturated rings. The zero-order chi connectivity index (χ0) is 16.5. The molecule has 120 valence electrons. The number of hydrogen-bond donors (Lipinski definition) is 0. The third kappa shape index (κ3) is 2.32. The highest BCUT2D eigenvalue weighted by Crippen LogP contribution is 2.34. The topological polar surface area (TPSA) is 66.2 Å². The van der Waals surface area contributed by atoms with Crippen LogP contribution >= 0.6 is 0 Å². The molecule has 1 aromatic heterocycles. The molecule has 0 amide bonds. The van der Waals surface area contributed by atoms with Crippen LogP contribution in [0.3, 0.4) is 0 Å². The lowest BCUT2D eigenvalue weighted by atomic mass is 10.1. The molecule has 1 aliphatic rings. The van der Waals surface area contributed by atoms with E-state index in [1.807, 2.05) is 16.8 Å². The van der Waals surface area contributed by atoms with Crippen molar-refractivity contribution in [3.05, 3.63) is 59.3 Å². The number of rotatable bonds is 5. The van der Waals surface area contributed by atoms with Crippen LogP contribution in [0, 0.1) is 0 Å². The number of benzene rings is 2. The first kappa shape index (κ1) is 14.4. The highest BCUT2D eigenvalue weighted by molar-refractivity contribution is 5.76. The lowest BCUT2D eigenvalue weighted by molar-refractivity contribution is 0.112.